The largest absolute Gasteiger partial charge is 0.451 e. The highest BCUT2D eigenvalue weighted by molar-refractivity contribution is 6.29. The summed E-state index contributed by atoms with van der Waals surface area (Å²) >= 11 is 5.56. The van der Waals surface area contributed by atoms with E-state index in [2.05, 4.69) is 9.97 Å². The molecule has 0 aliphatic carbocycles. The van der Waals surface area contributed by atoms with E-state index >= 15 is 0 Å². The van der Waals surface area contributed by atoms with E-state index in [4.69, 9.17) is 11.6 Å². The van der Waals surface area contributed by atoms with Crippen molar-refractivity contribution in [1.82, 2.24) is 9.97 Å². The summed E-state index contributed by atoms with van der Waals surface area (Å²) in [5.41, 5.74) is 0. The topological polar surface area (TPSA) is 29.0 Å². The van der Waals surface area contributed by atoms with Crippen LogP contribution in [0.25, 0.3) is 0 Å². The molecule has 0 spiro atoms. The second-order valence-electron chi connectivity index (χ2n) is 3.65. The van der Waals surface area contributed by atoms with Crippen LogP contribution < -0.4 is 4.90 Å². The number of anilines is 1. The molecule has 0 saturated carbocycles. The van der Waals surface area contributed by atoms with E-state index in [0.717, 1.165) is 12.8 Å². The minimum atomic E-state index is -4.58. The van der Waals surface area contributed by atoms with Crippen LogP contribution in [0, 0.1) is 0 Å². The quantitative estimate of drug-likeness (QED) is 0.783. The van der Waals surface area contributed by atoms with Crippen molar-refractivity contribution in [3.63, 3.8) is 0 Å². The van der Waals surface area contributed by atoms with Gasteiger partial charge in [0, 0.05) is 19.7 Å². The first kappa shape index (κ1) is 14.0. The molecule has 0 radical (unpaired) electrons. The van der Waals surface area contributed by atoms with Crippen LogP contribution in [0.4, 0.5) is 19.0 Å². The zero-order chi connectivity index (χ0) is 13.1. The molecule has 17 heavy (non-hydrogen) atoms. The SMILES string of the molecule is CCCCN(C)c1cc(Cl)nc(C(F)(F)F)n1. The number of rotatable bonds is 4. The number of nitrogens with zero attached hydrogens (tertiary/aromatic N) is 3. The number of halogens is 4. The predicted octanol–water partition coefficient (Wildman–Crippen LogP) is 3.39. The van der Waals surface area contributed by atoms with Gasteiger partial charge in [0.15, 0.2) is 0 Å². The van der Waals surface area contributed by atoms with Gasteiger partial charge in [-0.2, -0.15) is 13.2 Å². The fraction of sp³-hybridized carbons (Fsp3) is 0.600. The van der Waals surface area contributed by atoms with Crippen molar-refractivity contribution < 1.29 is 13.2 Å². The highest BCUT2D eigenvalue weighted by atomic mass is 35.5. The smallest absolute Gasteiger partial charge is 0.360 e. The lowest BCUT2D eigenvalue weighted by Crippen LogP contribution is -2.22. The number of hydrogen-bond donors (Lipinski definition) is 0. The molecule has 1 aromatic rings. The molecular weight excluding hydrogens is 255 g/mol. The van der Waals surface area contributed by atoms with Crippen molar-refractivity contribution in [3.8, 4) is 0 Å². The second kappa shape index (κ2) is 5.53. The van der Waals surface area contributed by atoms with E-state index in [9.17, 15) is 13.2 Å². The van der Waals surface area contributed by atoms with Gasteiger partial charge in [-0.1, -0.05) is 24.9 Å². The van der Waals surface area contributed by atoms with Gasteiger partial charge in [0.2, 0.25) is 5.82 Å². The monoisotopic (exact) mass is 267 g/mol. The van der Waals surface area contributed by atoms with Crippen LogP contribution in [0.3, 0.4) is 0 Å². The third kappa shape index (κ3) is 4.03. The van der Waals surface area contributed by atoms with Crippen molar-refractivity contribution in [2.75, 3.05) is 18.5 Å². The van der Waals surface area contributed by atoms with Gasteiger partial charge >= 0.3 is 6.18 Å². The van der Waals surface area contributed by atoms with Crippen LogP contribution in [-0.2, 0) is 6.18 Å². The lowest BCUT2D eigenvalue weighted by atomic mass is 10.3. The summed E-state index contributed by atoms with van der Waals surface area (Å²) in [4.78, 5) is 8.26. The molecule has 0 amide bonds. The van der Waals surface area contributed by atoms with Crippen LogP contribution in [-0.4, -0.2) is 23.6 Å². The minimum Gasteiger partial charge on any atom is -0.360 e. The molecule has 0 saturated heterocycles. The van der Waals surface area contributed by atoms with E-state index in [0.29, 0.717) is 6.54 Å². The Morgan fingerprint density at radius 2 is 2.00 bits per heavy atom. The maximum atomic E-state index is 12.5. The van der Waals surface area contributed by atoms with Crippen molar-refractivity contribution in [2.24, 2.45) is 0 Å². The van der Waals surface area contributed by atoms with E-state index in [1.165, 1.54) is 6.07 Å². The van der Waals surface area contributed by atoms with Crippen molar-refractivity contribution >= 4 is 17.4 Å². The lowest BCUT2D eigenvalue weighted by molar-refractivity contribution is -0.144. The lowest BCUT2D eigenvalue weighted by Gasteiger charge is -2.18. The fourth-order valence-corrected chi connectivity index (χ4v) is 1.42. The summed E-state index contributed by atoms with van der Waals surface area (Å²) in [5.74, 6) is -1.02. The van der Waals surface area contributed by atoms with Crippen LogP contribution in [0.15, 0.2) is 6.07 Å². The number of hydrogen-bond acceptors (Lipinski definition) is 3. The van der Waals surface area contributed by atoms with E-state index in [1.807, 2.05) is 6.92 Å². The first-order valence-corrected chi connectivity index (χ1v) is 5.55. The van der Waals surface area contributed by atoms with Crippen molar-refractivity contribution in [2.45, 2.75) is 25.9 Å². The molecule has 3 nitrogen and oxygen atoms in total. The Morgan fingerprint density at radius 3 is 2.53 bits per heavy atom. The van der Waals surface area contributed by atoms with Gasteiger partial charge in [0.05, 0.1) is 0 Å². The Labute approximate surface area is 103 Å². The molecule has 0 fully saturated rings. The molecule has 1 aromatic heterocycles. The summed E-state index contributed by atoms with van der Waals surface area (Å²) in [5, 5.41) is -0.203. The minimum absolute atomic E-state index is 0.186. The van der Waals surface area contributed by atoms with Crippen LogP contribution in [0.1, 0.15) is 25.6 Å². The molecule has 0 aliphatic rings. The van der Waals surface area contributed by atoms with Gasteiger partial charge in [-0.05, 0) is 6.42 Å². The highest BCUT2D eigenvalue weighted by Crippen LogP contribution is 2.28. The van der Waals surface area contributed by atoms with Crippen LogP contribution >= 0.6 is 11.6 Å². The third-order valence-corrected chi connectivity index (χ3v) is 2.37. The first-order valence-electron chi connectivity index (χ1n) is 5.17. The second-order valence-corrected chi connectivity index (χ2v) is 4.03. The Kier molecular flexibility index (Phi) is 4.56. The van der Waals surface area contributed by atoms with Crippen LogP contribution in [0.2, 0.25) is 5.15 Å². The number of unbranched alkanes of at least 4 members (excludes halogenated alkanes) is 1. The Hall–Kier alpha value is -1.04. The van der Waals surface area contributed by atoms with E-state index in [-0.39, 0.29) is 11.0 Å². The molecule has 0 N–H and O–H groups in total. The summed E-state index contributed by atoms with van der Waals surface area (Å²) in [6.45, 7) is 2.63. The van der Waals surface area contributed by atoms with Gasteiger partial charge in [-0.25, -0.2) is 9.97 Å². The van der Waals surface area contributed by atoms with Gasteiger partial charge in [-0.15, -0.1) is 0 Å². The van der Waals surface area contributed by atoms with Gasteiger partial charge in [0.1, 0.15) is 11.0 Å². The molecule has 0 unspecified atom stereocenters. The van der Waals surface area contributed by atoms with E-state index < -0.39 is 12.0 Å². The molecule has 7 heteroatoms. The zero-order valence-corrected chi connectivity index (χ0v) is 10.3. The molecule has 0 bridgehead atoms. The van der Waals surface area contributed by atoms with Gasteiger partial charge in [-0.3, -0.25) is 0 Å². The molecule has 1 heterocycles. The molecular formula is C10H13ClF3N3. The van der Waals surface area contributed by atoms with Crippen molar-refractivity contribution in [1.29, 1.82) is 0 Å². The Bertz CT molecular complexity index is 382. The summed E-state index contributed by atoms with van der Waals surface area (Å²) in [6, 6.07) is 1.33. The number of alkyl halides is 3. The first-order chi connectivity index (χ1) is 7.84. The molecule has 0 aromatic carbocycles. The zero-order valence-electron chi connectivity index (χ0n) is 9.55. The molecule has 0 atom stereocenters. The summed E-state index contributed by atoms with van der Waals surface area (Å²) < 4.78 is 37.4. The maximum absolute atomic E-state index is 12.5. The maximum Gasteiger partial charge on any atom is 0.451 e. The van der Waals surface area contributed by atoms with E-state index in [1.54, 1.807) is 11.9 Å². The molecule has 1 rings (SSSR count). The number of aromatic nitrogens is 2. The van der Waals surface area contributed by atoms with Gasteiger partial charge in [0.25, 0.3) is 0 Å². The summed E-state index contributed by atoms with van der Waals surface area (Å²) in [7, 11) is 1.68. The van der Waals surface area contributed by atoms with Crippen LogP contribution in [0.5, 0.6) is 0 Å². The Balaban J connectivity index is 2.97. The standard InChI is InChI=1S/C10H13ClF3N3/c1-3-4-5-17(2)8-6-7(11)15-9(16-8)10(12,13)14/h6H,3-5H2,1-2H3. The fourth-order valence-electron chi connectivity index (χ4n) is 1.24. The average Bonchev–Trinajstić information content (AvgIpc) is 2.23. The predicted molar refractivity (Wildman–Crippen MR) is 60.2 cm³/mol. The van der Waals surface area contributed by atoms with Crippen molar-refractivity contribution in [3.05, 3.63) is 17.0 Å². The molecule has 96 valence electrons. The van der Waals surface area contributed by atoms with Gasteiger partial charge < -0.3 is 4.90 Å². The normalized spacial score (nSPS) is 11.6. The summed E-state index contributed by atoms with van der Waals surface area (Å²) in [6.07, 6.45) is -2.75. The molecule has 0 aliphatic heterocycles. The average molecular weight is 268 g/mol. The highest BCUT2D eigenvalue weighted by Gasteiger charge is 2.35. The third-order valence-electron chi connectivity index (χ3n) is 2.17. The Morgan fingerprint density at radius 1 is 1.35 bits per heavy atom.